The van der Waals surface area contributed by atoms with E-state index < -0.39 is 0 Å². The van der Waals surface area contributed by atoms with E-state index in [0.29, 0.717) is 23.9 Å². The molecule has 0 aliphatic carbocycles. The zero-order valence-corrected chi connectivity index (χ0v) is 20.0. The van der Waals surface area contributed by atoms with E-state index in [1.807, 2.05) is 18.2 Å². The summed E-state index contributed by atoms with van der Waals surface area (Å²) < 4.78 is 16.9. The average molecular weight is 470 g/mol. The molecule has 6 nitrogen and oxygen atoms in total. The molecule has 0 atom stereocenters. The zero-order chi connectivity index (χ0) is 24.2. The van der Waals surface area contributed by atoms with Crippen molar-refractivity contribution in [1.82, 2.24) is 4.90 Å². The first-order valence-corrected chi connectivity index (χ1v) is 12.2. The molecule has 35 heavy (non-hydrogen) atoms. The van der Waals surface area contributed by atoms with Gasteiger partial charge >= 0.3 is 0 Å². The van der Waals surface area contributed by atoms with Crippen LogP contribution in [0.1, 0.15) is 43.4 Å². The molecule has 1 saturated heterocycles. The van der Waals surface area contributed by atoms with E-state index in [0.717, 1.165) is 31.4 Å². The first-order chi connectivity index (χ1) is 17.1. The van der Waals surface area contributed by atoms with Gasteiger partial charge in [0.25, 0.3) is 5.90 Å². The highest BCUT2D eigenvalue weighted by atomic mass is 16.5. The number of ether oxygens (including phenoxy) is 2. The normalized spacial score (nSPS) is 14.9. The molecule has 6 heteroatoms. The standard InChI is InChI=1S/C29H31N3O3/c1-20(30)34-29(31)27-19-25-8-4-9-26(28(25)35-27)33-17-5-14-32-15-12-22(13-16-32)24-11-10-21-6-2-3-7-23(21)18-24/h2-4,6-11,18-19,22,30-31H,5,12-17H2,1H3. The Kier molecular flexibility index (Phi) is 6.82. The minimum atomic E-state index is -0.174. The van der Waals surface area contributed by atoms with Gasteiger partial charge in [-0.15, -0.1) is 0 Å². The smallest absolute Gasteiger partial charge is 0.256 e. The maximum Gasteiger partial charge on any atom is 0.256 e. The largest absolute Gasteiger partial charge is 0.490 e. The van der Waals surface area contributed by atoms with Gasteiger partial charge < -0.3 is 18.8 Å². The monoisotopic (exact) mass is 469 g/mol. The van der Waals surface area contributed by atoms with Crippen LogP contribution >= 0.6 is 0 Å². The summed E-state index contributed by atoms with van der Waals surface area (Å²) in [5.41, 5.74) is 2.07. The number of piperidine rings is 1. The Morgan fingerprint density at radius 3 is 2.51 bits per heavy atom. The van der Waals surface area contributed by atoms with Crippen molar-refractivity contribution in [3.63, 3.8) is 0 Å². The van der Waals surface area contributed by atoms with Crippen LogP contribution in [0.5, 0.6) is 5.75 Å². The number of fused-ring (bicyclic) bond motifs is 2. The van der Waals surface area contributed by atoms with Crippen LogP contribution in [0, 0.1) is 10.8 Å². The van der Waals surface area contributed by atoms with Gasteiger partial charge in [0.2, 0.25) is 0 Å². The fourth-order valence-corrected chi connectivity index (χ4v) is 4.89. The Morgan fingerprint density at radius 2 is 1.71 bits per heavy atom. The minimum absolute atomic E-state index is 0.0479. The lowest BCUT2D eigenvalue weighted by molar-refractivity contribution is 0.193. The van der Waals surface area contributed by atoms with Crippen LogP contribution in [-0.2, 0) is 4.74 Å². The van der Waals surface area contributed by atoms with Gasteiger partial charge in [0, 0.05) is 18.9 Å². The molecule has 0 radical (unpaired) electrons. The highest BCUT2D eigenvalue weighted by Gasteiger charge is 2.21. The van der Waals surface area contributed by atoms with Crippen molar-refractivity contribution >= 4 is 33.5 Å². The summed E-state index contributed by atoms with van der Waals surface area (Å²) in [5, 5.41) is 18.8. The Balaban J connectivity index is 1.11. The summed E-state index contributed by atoms with van der Waals surface area (Å²) in [6, 6.07) is 23.0. The number of hydrogen-bond donors (Lipinski definition) is 2. The van der Waals surface area contributed by atoms with Gasteiger partial charge in [-0.25, -0.2) is 0 Å². The number of nitrogens with zero attached hydrogens (tertiary/aromatic N) is 1. The van der Waals surface area contributed by atoms with Gasteiger partial charge in [-0.05, 0) is 66.7 Å². The molecular weight excluding hydrogens is 438 g/mol. The number of para-hydroxylation sites is 1. The summed E-state index contributed by atoms with van der Waals surface area (Å²) in [4.78, 5) is 2.53. The Morgan fingerprint density at radius 1 is 0.943 bits per heavy atom. The number of benzene rings is 3. The third kappa shape index (κ3) is 5.38. The van der Waals surface area contributed by atoms with Crippen molar-refractivity contribution in [3.8, 4) is 5.75 Å². The topological polar surface area (TPSA) is 82.5 Å². The average Bonchev–Trinajstić information content (AvgIpc) is 3.32. The van der Waals surface area contributed by atoms with E-state index in [2.05, 4.69) is 47.4 Å². The molecular formula is C29H31N3O3. The summed E-state index contributed by atoms with van der Waals surface area (Å²) in [6.07, 6.45) is 3.32. The van der Waals surface area contributed by atoms with Gasteiger partial charge in [0.05, 0.1) is 6.61 Å². The number of likely N-dealkylation sites (tertiary alicyclic amines) is 1. The van der Waals surface area contributed by atoms with Crippen molar-refractivity contribution in [2.75, 3.05) is 26.2 Å². The van der Waals surface area contributed by atoms with Crippen molar-refractivity contribution in [2.24, 2.45) is 0 Å². The summed E-state index contributed by atoms with van der Waals surface area (Å²) in [6.45, 7) is 5.33. The number of nitrogens with one attached hydrogen (secondary N) is 2. The lowest BCUT2D eigenvalue weighted by Gasteiger charge is -2.32. The van der Waals surface area contributed by atoms with Crippen molar-refractivity contribution in [3.05, 3.63) is 78.1 Å². The molecule has 1 aromatic heterocycles. The second kappa shape index (κ2) is 10.3. The van der Waals surface area contributed by atoms with E-state index in [1.165, 1.54) is 36.1 Å². The van der Waals surface area contributed by atoms with Gasteiger partial charge in [0.15, 0.2) is 23.0 Å². The first-order valence-electron chi connectivity index (χ1n) is 12.2. The molecule has 0 amide bonds. The van der Waals surface area contributed by atoms with E-state index in [-0.39, 0.29) is 17.6 Å². The van der Waals surface area contributed by atoms with Crippen molar-refractivity contribution in [2.45, 2.75) is 32.1 Å². The molecule has 0 saturated carbocycles. The van der Waals surface area contributed by atoms with Crippen LogP contribution in [0.4, 0.5) is 0 Å². The van der Waals surface area contributed by atoms with Crippen LogP contribution in [0.2, 0.25) is 0 Å². The van der Waals surface area contributed by atoms with E-state index in [1.54, 1.807) is 6.07 Å². The summed E-state index contributed by atoms with van der Waals surface area (Å²) in [5.74, 6) is 1.37. The highest BCUT2D eigenvalue weighted by molar-refractivity contribution is 6.00. The molecule has 2 heterocycles. The molecule has 5 rings (SSSR count). The van der Waals surface area contributed by atoms with Crippen LogP contribution in [0.25, 0.3) is 21.7 Å². The second-order valence-corrected chi connectivity index (χ2v) is 9.20. The predicted molar refractivity (Wildman–Crippen MR) is 140 cm³/mol. The summed E-state index contributed by atoms with van der Waals surface area (Å²) >= 11 is 0. The van der Waals surface area contributed by atoms with Crippen LogP contribution in [0.3, 0.4) is 0 Å². The Labute approximate surface area is 205 Å². The fourth-order valence-electron chi connectivity index (χ4n) is 4.89. The molecule has 2 N–H and O–H groups in total. The maximum atomic E-state index is 7.95. The second-order valence-electron chi connectivity index (χ2n) is 9.20. The van der Waals surface area contributed by atoms with E-state index >= 15 is 0 Å². The molecule has 180 valence electrons. The van der Waals surface area contributed by atoms with Gasteiger partial charge in [-0.1, -0.05) is 54.6 Å². The SMILES string of the molecule is CC(=N)OC(=N)c1cc2cccc(OCCCN3CCC(c4ccc5ccccc5c4)CC3)c2o1. The van der Waals surface area contributed by atoms with Crippen molar-refractivity contribution < 1.29 is 13.9 Å². The van der Waals surface area contributed by atoms with E-state index in [9.17, 15) is 0 Å². The highest BCUT2D eigenvalue weighted by Crippen LogP contribution is 2.31. The maximum absolute atomic E-state index is 7.95. The molecule has 1 fully saturated rings. The molecule has 1 aliphatic heterocycles. The molecule has 4 aromatic rings. The van der Waals surface area contributed by atoms with Crippen LogP contribution in [-0.4, -0.2) is 42.9 Å². The summed E-state index contributed by atoms with van der Waals surface area (Å²) in [7, 11) is 0. The molecule has 1 aliphatic rings. The zero-order valence-electron chi connectivity index (χ0n) is 20.0. The van der Waals surface area contributed by atoms with E-state index in [4.69, 9.17) is 24.7 Å². The Hall–Kier alpha value is -3.64. The molecule has 3 aromatic carbocycles. The predicted octanol–water partition coefficient (Wildman–Crippen LogP) is 6.57. The number of furan rings is 1. The number of hydrogen-bond acceptors (Lipinski definition) is 6. The minimum Gasteiger partial charge on any atom is -0.490 e. The molecule has 0 unspecified atom stereocenters. The third-order valence-electron chi connectivity index (χ3n) is 6.70. The van der Waals surface area contributed by atoms with Gasteiger partial charge in [-0.3, -0.25) is 10.8 Å². The van der Waals surface area contributed by atoms with Gasteiger partial charge in [0.1, 0.15) is 0 Å². The Bertz CT molecular complexity index is 1350. The fraction of sp³-hybridized carbons (Fsp3) is 0.310. The lowest BCUT2D eigenvalue weighted by Crippen LogP contribution is -2.34. The third-order valence-corrected chi connectivity index (χ3v) is 6.70. The van der Waals surface area contributed by atoms with Crippen LogP contribution < -0.4 is 4.74 Å². The molecule has 0 bridgehead atoms. The quantitative estimate of drug-likeness (QED) is 0.182. The first kappa shape index (κ1) is 23.1. The van der Waals surface area contributed by atoms with Crippen LogP contribution in [0.15, 0.2) is 71.1 Å². The molecule has 0 spiro atoms. The van der Waals surface area contributed by atoms with Crippen molar-refractivity contribution in [1.29, 1.82) is 10.8 Å². The number of rotatable bonds is 7. The lowest BCUT2D eigenvalue weighted by atomic mass is 9.88. The van der Waals surface area contributed by atoms with Gasteiger partial charge in [-0.2, -0.15) is 0 Å².